The lowest BCUT2D eigenvalue weighted by molar-refractivity contribution is 0.0667. The second-order valence-corrected chi connectivity index (χ2v) is 3.23. The van der Waals surface area contributed by atoms with Crippen molar-refractivity contribution >= 4 is 5.69 Å². The molecule has 0 radical (unpaired) electrons. The van der Waals surface area contributed by atoms with Crippen molar-refractivity contribution in [2.45, 2.75) is 13.0 Å². The van der Waals surface area contributed by atoms with Crippen molar-refractivity contribution in [3.8, 4) is 0 Å². The van der Waals surface area contributed by atoms with E-state index in [1.807, 2.05) is 50.2 Å². The van der Waals surface area contributed by atoms with Gasteiger partial charge in [0.05, 0.1) is 0 Å². The molecule has 0 aliphatic heterocycles. The summed E-state index contributed by atoms with van der Waals surface area (Å²) in [7, 11) is 4.00. The average molecular weight is 180 g/mol. The number of para-hydroxylation sites is 1. The molecule has 0 saturated heterocycles. The van der Waals surface area contributed by atoms with Crippen LogP contribution in [0.4, 0.5) is 5.69 Å². The van der Waals surface area contributed by atoms with Gasteiger partial charge in [-0.2, -0.15) is 0 Å². The summed E-state index contributed by atoms with van der Waals surface area (Å²) in [5.41, 5.74) is 2.25. The Balaban J connectivity index is 3.04. The highest BCUT2D eigenvalue weighted by molar-refractivity contribution is 5.53. The minimum absolute atomic E-state index is 0.0707. The first-order valence-corrected chi connectivity index (χ1v) is 4.28. The largest absolute Gasteiger partial charge is 0.377 e. The lowest BCUT2D eigenvalue weighted by Gasteiger charge is -2.20. The van der Waals surface area contributed by atoms with Gasteiger partial charge in [-0.25, -0.2) is 5.90 Å². The summed E-state index contributed by atoms with van der Waals surface area (Å²) in [5, 5.41) is 0. The summed E-state index contributed by atoms with van der Waals surface area (Å²) in [6.45, 7) is 1.93. The number of hydrogen-bond acceptors (Lipinski definition) is 3. The van der Waals surface area contributed by atoms with E-state index >= 15 is 0 Å². The quantitative estimate of drug-likeness (QED) is 0.719. The van der Waals surface area contributed by atoms with Gasteiger partial charge in [0.1, 0.15) is 6.10 Å². The van der Waals surface area contributed by atoms with Gasteiger partial charge < -0.3 is 4.90 Å². The topological polar surface area (TPSA) is 38.5 Å². The molecule has 0 saturated carbocycles. The Morgan fingerprint density at radius 2 is 1.92 bits per heavy atom. The van der Waals surface area contributed by atoms with E-state index < -0.39 is 0 Å². The molecular weight excluding hydrogens is 164 g/mol. The van der Waals surface area contributed by atoms with E-state index in [9.17, 15) is 0 Å². The molecule has 0 heterocycles. The predicted molar refractivity (Wildman–Crippen MR) is 54.5 cm³/mol. The lowest BCUT2D eigenvalue weighted by atomic mass is 10.1. The zero-order valence-corrected chi connectivity index (χ0v) is 8.32. The Morgan fingerprint density at radius 3 is 2.46 bits per heavy atom. The first-order valence-electron chi connectivity index (χ1n) is 4.28. The molecule has 1 rings (SSSR count). The van der Waals surface area contributed by atoms with Crippen LogP contribution >= 0.6 is 0 Å². The maximum Gasteiger partial charge on any atom is 0.103 e. The molecule has 0 aliphatic rings. The summed E-state index contributed by atoms with van der Waals surface area (Å²) >= 11 is 0. The van der Waals surface area contributed by atoms with Crippen LogP contribution in [0.2, 0.25) is 0 Å². The minimum atomic E-state index is -0.0707. The van der Waals surface area contributed by atoms with Crippen LogP contribution in [-0.2, 0) is 4.84 Å². The second-order valence-electron chi connectivity index (χ2n) is 3.23. The highest BCUT2D eigenvalue weighted by Crippen LogP contribution is 2.25. The van der Waals surface area contributed by atoms with Crippen molar-refractivity contribution in [2.24, 2.45) is 5.90 Å². The Morgan fingerprint density at radius 1 is 1.31 bits per heavy atom. The number of rotatable bonds is 3. The van der Waals surface area contributed by atoms with E-state index in [4.69, 9.17) is 10.7 Å². The van der Waals surface area contributed by atoms with Crippen LogP contribution in [0.25, 0.3) is 0 Å². The molecule has 13 heavy (non-hydrogen) atoms. The molecule has 1 unspecified atom stereocenters. The fraction of sp³-hybridized carbons (Fsp3) is 0.400. The van der Waals surface area contributed by atoms with Gasteiger partial charge in [-0.1, -0.05) is 18.2 Å². The number of hydrogen-bond donors (Lipinski definition) is 1. The van der Waals surface area contributed by atoms with Crippen LogP contribution in [0, 0.1) is 0 Å². The maximum atomic E-state index is 5.15. The van der Waals surface area contributed by atoms with E-state index in [-0.39, 0.29) is 6.10 Å². The van der Waals surface area contributed by atoms with E-state index in [0.717, 1.165) is 11.3 Å². The number of benzene rings is 1. The fourth-order valence-electron chi connectivity index (χ4n) is 1.31. The molecule has 0 bridgehead atoms. The van der Waals surface area contributed by atoms with Gasteiger partial charge >= 0.3 is 0 Å². The Labute approximate surface area is 79.1 Å². The SMILES string of the molecule is CC(ON)c1ccccc1N(C)C. The predicted octanol–water partition coefficient (Wildman–Crippen LogP) is 1.70. The van der Waals surface area contributed by atoms with Gasteiger partial charge in [0.2, 0.25) is 0 Å². The van der Waals surface area contributed by atoms with E-state index in [2.05, 4.69) is 0 Å². The zero-order chi connectivity index (χ0) is 9.84. The lowest BCUT2D eigenvalue weighted by Crippen LogP contribution is -2.14. The van der Waals surface area contributed by atoms with Crippen molar-refractivity contribution in [3.05, 3.63) is 29.8 Å². The van der Waals surface area contributed by atoms with Crippen LogP contribution in [-0.4, -0.2) is 14.1 Å². The highest BCUT2D eigenvalue weighted by Gasteiger charge is 2.10. The molecule has 72 valence electrons. The third-order valence-electron chi connectivity index (χ3n) is 2.06. The molecule has 2 N–H and O–H groups in total. The van der Waals surface area contributed by atoms with Gasteiger partial charge in [0, 0.05) is 25.3 Å². The normalized spacial score (nSPS) is 12.6. The number of nitrogens with two attached hydrogens (primary N) is 1. The van der Waals surface area contributed by atoms with Crippen LogP contribution in [0.5, 0.6) is 0 Å². The van der Waals surface area contributed by atoms with Crippen LogP contribution in [0.1, 0.15) is 18.6 Å². The van der Waals surface area contributed by atoms with Crippen molar-refractivity contribution in [1.82, 2.24) is 0 Å². The molecule has 0 fully saturated rings. The van der Waals surface area contributed by atoms with E-state index in [0.29, 0.717) is 0 Å². The van der Waals surface area contributed by atoms with E-state index in [1.165, 1.54) is 0 Å². The molecule has 3 nitrogen and oxygen atoms in total. The molecule has 0 aliphatic carbocycles. The molecule has 3 heteroatoms. The molecule has 0 aromatic heterocycles. The third-order valence-corrected chi connectivity index (χ3v) is 2.06. The standard InChI is InChI=1S/C10H16N2O/c1-8(13-11)9-6-4-5-7-10(9)12(2)3/h4-8H,11H2,1-3H3. The van der Waals surface area contributed by atoms with Crippen molar-refractivity contribution in [1.29, 1.82) is 0 Å². The van der Waals surface area contributed by atoms with Crippen LogP contribution in [0.3, 0.4) is 0 Å². The van der Waals surface area contributed by atoms with Gasteiger partial charge in [0.25, 0.3) is 0 Å². The Kier molecular flexibility index (Phi) is 3.28. The van der Waals surface area contributed by atoms with Crippen molar-refractivity contribution < 1.29 is 4.84 Å². The Hall–Kier alpha value is -1.06. The summed E-state index contributed by atoms with van der Waals surface area (Å²) in [5.74, 6) is 5.15. The van der Waals surface area contributed by atoms with Gasteiger partial charge in [0.15, 0.2) is 0 Å². The first kappa shape index (κ1) is 10.0. The van der Waals surface area contributed by atoms with E-state index in [1.54, 1.807) is 0 Å². The highest BCUT2D eigenvalue weighted by atomic mass is 16.6. The zero-order valence-electron chi connectivity index (χ0n) is 8.32. The van der Waals surface area contributed by atoms with Gasteiger partial charge in [-0.3, -0.25) is 4.84 Å². The van der Waals surface area contributed by atoms with Gasteiger partial charge in [-0.05, 0) is 13.0 Å². The summed E-state index contributed by atoms with van der Waals surface area (Å²) < 4.78 is 0. The number of nitrogens with zero attached hydrogens (tertiary/aromatic N) is 1. The average Bonchev–Trinajstić information content (AvgIpc) is 2.16. The summed E-state index contributed by atoms with van der Waals surface area (Å²) in [6.07, 6.45) is -0.0707. The smallest absolute Gasteiger partial charge is 0.103 e. The van der Waals surface area contributed by atoms with Crippen molar-refractivity contribution in [2.75, 3.05) is 19.0 Å². The first-order chi connectivity index (χ1) is 6.16. The minimum Gasteiger partial charge on any atom is -0.377 e. The molecule has 0 spiro atoms. The number of anilines is 1. The molecule has 1 aromatic carbocycles. The third kappa shape index (κ3) is 2.20. The van der Waals surface area contributed by atoms with Crippen molar-refractivity contribution in [3.63, 3.8) is 0 Å². The summed E-state index contributed by atoms with van der Waals surface area (Å²) in [6, 6.07) is 8.05. The molecule has 1 aromatic rings. The second kappa shape index (κ2) is 4.25. The Bertz CT molecular complexity index is 273. The van der Waals surface area contributed by atoms with Crippen LogP contribution < -0.4 is 10.8 Å². The summed E-state index contributed by atoms with van der Waals surface area (Å²) in [4.78, 5) is 6.85. The molecule has 1 atom stereocenters. The molecule has 0 amide bonds. The molecular formula is C10H16N2O. The van der Waals surface area contributed by atoms with Crippen LogP contribution in [0.15, 0.2) is 24.3 Å². The fourth-order valence-corrected chi connectivity index (χ4v) is 1.31. The maximum absolute atomic E-state index is 5.15. The monoisotopic (exact) mass is 180 g/mol. The van der Waals surface area contributed by atoms with Gasteiger partial charge in [-0.15, -0.1) is 0 Å².